The van der Waals surface area contributed by atoms with Gasteiger partial charge in [-0.2, -0.15) is 0 Å². The SMILES string of the molecule is O=C(O)C1=CNC2(CCCCC2)C1. The molecule has 1 spiro atoms. The predicted molar refractivity (Wildman–Crippen MR) is 49.3 cm³/mol. The molecule has 0 saturated heterocycles. The summed E-state index contributed by atoms with van der Waals surface area (Å²) in [4.78, 5) is 10.7. The van der Waals surface area contributed by atoms with E-state index in [0.29, 0.717) is 12.0 Å². The quantitative estimate of drug-likeness (QED) is 0.646. The molecule has 3 heteroatoms. The van der Waals surface area contributed by atoms with Gasteiger partial charge in [0.05, 0.1) is 5.57 Å². The molecule has 0 amide bonds. The summed E-state index contributed by atoms with van der Waals surface area (Å²) in [6, 6.07) is 0. The molecule has 0 bridgehead atoms. The molecule has 1 aliphatic heterocycles. The second kappa shape index (κ2) is 3.05. The van der Waals surface area contributed by atoms with Crippen LogP contribution in [0.25, 0.3) is 0 Å². The van der Waals surface area contributed by atoms with E-state index in [0.717, 1.165) is 12.8 Å². The van der Waals surface area contributed by atoms with Gasteiger partial charge in [0.2, 0.25) is 0 Å². The van der Waals surface area contributed by atoms with E-state index in [2.05, 4.69) is 5.32 Å². The Balaban J connectivity index is 2.02. The summed E-state index contributed by atoms with van der Waals surface area (Å²) in [5, 5.41) is 12.1. The van der Waals surface area contributed by atoms with Gasteiger partial charge in [-0.1, -0.05) is 19.3 Å². The Labute approximate surface area is 77.8 Å². The molecule has 0 aromatic rings. The molecule has 3 nitrogen and oxygen atoms in total. The van der Waals surface area contributed by atoms with Crippen LogP contribution in [0.2, 0.25) is 0 Å². The third kappa shape index (κ3) is 1.55. The summed E-state index contributed by atoms with van der Waals surface area (Å²) < 4.78 is 0. The summed E-state index contributed by atoms with van der Waals surface area (Å²) in [6.45, 7) is 0. The fourth-order valence-corrected chi connectivity index (χ4v) is 2.39. The Morgan fingerprint density at radius 2 is 2.08 bits per heavy atom. The van der Waals surface area contributed by atoms with Crippen LogP contribution >= 0.6 is 0 Å². The lowest BCUT2D eigenvalue weighted by Crippen LogP contribution is -2.40. The molecule has 1 fully saturated rings. The van der Waals surface area contributed by atoms with Crippen molar-refractivity contribution < 1.29 is 9.90 Å². The molecule has 2 rings (SSSR count). The summed E-state index contributed by atoms with van der Waals surface area (Å²) in [6.07, 6.45) is 8.41. The van der Waals surface area contributed by atoms with Gasteiger partial charge in [-0.15, -0.1) is 0 Å². The zero-order valence-electron chi connectivity index (χ0n) is 7.68. The minimum Gasteiger partial charge on any atom is -0.478 e. The Morgan fingerprint density at radius 1 is 1.38 bits per heavy atom. The fourth-order valence-electron chi connectivity index (χ4n) is 2.39. The number of hydrogen-bond acceptors (Lipinski definition) is 2. The van der Waals surface area contributed by atoms with Crippen molar-refractivity contribution in [1.29, 1.82) is 0 Å². The van der Waals surface area contributed by atoms with Gasteiger partial charge in [0, 0.05) is 18.2 Å². The number of rotatable bonds is 1. The van der Waals surface area contributed by atoms with E-state index >= 15 is 0 Å². The van der Waals surface area contributed by atoms with Crippen LogP contribution in [0.1, 0.15) is 38.5 Å². The van der Waals surface area contributed by atoms with Gasteiger partial charge in [-0.25, -0.2) is 4.79 Å². The van der Waals surface area contributed by atoms with E-state index < -0.39 is 5.97 Å². The highest BCUT2D eigenvalue weighted by atomic mass is 16.4. The molecular formula is C10H15NO2. The standard InChI is InChI=1S/C10H15NO2/c12-9(13)8-6-10(11-7-8)4-2-1-3-5-10/h7,11H,1-6H2,(H,12,13). The molecule has 0 aromatic carbocycles. The number of carboxylic acids is 1. The summed E-state index contributed by atoms with van der Waals surface area (Å²) in [5.41, 5.74) is 0.647. The molecule has 0 radical (unpaired) electrons. The number of carboxylic acid groups (broad SMARTS) is 1. The molecule has 2 N–H and O–H groups in total. The lowest BCUT2D eigenvalue weighted by atomic mass is 9.79. The first-order chi connectivity index (χ1) is 6.22. The van der Waals surface area contributed by atoms with Crippen LogP contribution in [0, 0.1) is 0 Å². The molecule has 1 aliphatic carbocycles. The Morgan fingerprint density at radius 3 is 2.62 bits per heavy atom. The maximum absolute atomic E-state index is 10.7. The van der Waals surface area contributed by atoms with E-state index in [1.807, 2.05) is 0 Å². The third-order valence-corrected chi connectivity index (χ3v) is 3.17. The molecule has 2 aliphatic rings. The van der Waals surface area contributed by atoms with E-state index in [1.165, 1.54) is 19.3 Å². The van der Waals surface area contributed by atoms with E-state index in [4.69, 9.17) is 5.11 Å². The Bertz CT molecular complexity index is 252. The van der Waals surface area contributed by atoms with Gasteiger partial charge >= 0.3 is 5.97 Å². The Kier molecular flexibility index (Phi) is 2.02. The minimum atomic E-state index is -0.769. The molecular weight excluding hydrogens is 166 g/mol. The molecule has 0 aromatic heterocycles. The van der Waals surface area contributed by atoms with Crippen molar-refractivity contribution in [3.8, 4) is 0 Å². The summed E-state index contributed by atoms with van der Waals surface area (Å²) in [5.74, 6) is -0.769. The van der Waals surface area contributed by atoms with Gasteiger partial charge in [0.25, 0.3) is 0 Å². The molecule has 1 saturated carbocycles. The fraction of sp³-hybridized carbons (Fsp3) is 0.700. The van der Waals surface area contributed by atoms with Crippen molar-refractivity contribution in [1.82, 2.24) is 5.32 Å². The van der Waals surface area contributed by atoms with Crippen molar-refractivity contribution >= 4 is 5.97 Å². The number of nitrogens with one attached hydrogen (secondary N) is 1. The van der Waals surface area contributed by atoms with Crippen LogP contribution in [0.15, 0.2) is 11.8 Å². The second-order valence-electron chi connectivity index (χ2n) is 4.14. The van der Waals surface area contributed by atoms with Gasteiger partial charge in [-0.3, -0.25) is 0 Å². The first kappa shape index (κ1) is 8.60. The maximum atomic E-state index is 10.7. The van der Waals surface area contributed by atoms with Crippen LogP contribution < -0.4 is 5.32 Å². The topological polar surface area (TPSA) is 49.3 Å². The first-order valence-corrected chi connectivity index (χ1v) is 4.92. The van der Waals surface area contributed by atoms with Crippen molar-refractivity contribution in [3.05, 3.63) is 11.8 Å². The van der Waals surface area contributed by atoms with Crippen molar-refractivity contribution in [2.75, 3.05) is 0 Å². The molecule has 72 valence electrons. The molecule has 1 heterocycles. The molecule has 13 heavy (non-hydrogen) atoms. The van der Waals surface area contributed by atoms with E-state index in [9.17, 15) is 4.79 Å². The highest BCUT2D eigenvalue weighted by molar-refractivity contribution is 5.87. The third-order valence-electron chi connectivity index (χ3n) is 3.17. The van der Waals surface area contributed by atoms with Gasteiger partial charge in [0.1, 0.15) is 0 Å². The highest BCUT2D eigenvalue weighted by Crippen LogP contribution is 2.36. The molecule has 0 unspecified atom stereocenters. The van der Waals surface area contributed by atoms with Crippen LogP contribution in [-0.2, 0) is 4.79 Å². The summed E-state index contributed by atoms with van der Waals surface area (Å²) in [7, 11) is 0. The van der Waals surface area contributed by atoms with Gasteiger partial charge < -0.3 is 10.4 Å². The van der Waals surface area contributed by atoms with Crippen molar-refractivity contribution in [2.45, 2.75) is 44.1 Å². The smallest absolute Gasteiger partial charge is 0.333 e. The van der Waals surface area contributed by atoms with Gasteiger partial charge in [0.15, 0.2) is 0 Å². The highest BCUT2D eigenvalue weighted by Gasteiger charge is 2.37. The van der Waals surface area contributed by atoms with Crippen LogP contribution in [0.4, 0.5) is 0 Å². The lowest BCUT2D eigenvalue weighted by molar-refractivity contribution is -0.132. The predicted octanol–water partition coefficient (Wildman–Crippen LogP) is 1.65. The average molecular weight is 181 g/mol. The zero-order valence-corrected chi connectivity index (χ0v) is 7.68. The number of carbonyl (C=O) groups is 1. The van der Waals surface area contributed by atoms with Crippen molar-refractivity contribution in [2.24, 2.45) is 0 Å². The van der Waals surface area contributed by atoms with Crippen LogP contribution in [-0.4, -0.2) is 16.6 Å². The lowest BCUT2D eigenvalue weighted by Gasteiger charge is -2.34. The Hall–Kier alpha value is -0.990. The van der Waals surface area contributed by atoms with Gasteiger partial charge in [-0.05, 0) is 12.8 Å². The number of hydrogen-bond donors (Lipinski definition) is 2. The first-order valence-electron chi connectivity index (χ1n) is 4.92. The van der Waals surface area contributed by atoms with Crippen molar-refractivity contribution in [3.63, 3.8) is 0 Å². The zero-order chi connectivity index (χ0) is 9.31. The van der Waals surface area contributed by atoms with Crippen LogP contribution in [0.5, 0.6) is 0 Å². The summed E-state index contributed by atoms with van der Waals surface area (Å²) >= 11 is 0. The normalized spacial score (nSPS) is 25.4. The monoisotopic (exact) mass is 181 g/mol. The van der Waals surface area contributed by atoms with E-state index in [1.54, 1.807) is 6.20 Å². The molecule has 0 atom stereocenters. The number of aliphatic carboxylic acids is 1. The van der Waals surface area contributed by atoms with Crippen LogP contribution in [0.3, 0.4) is 0 Å². The average Bonchev–Trinajstić information content (AvgIpc) is 2.51. The largest absolute Gasteiger partial charge is 0.478 e. The second-order valence-corrected chi connectivity index (χ2v) is 4.14. The van der Waals surface area contributed by atoms with E-state index in [-0.39, 0.29) is 5.54 Å². The maximum Gasteiger partial charge on any atom is 0.333 e. The minimum absolute atomic E-state index is 0.103.